The molecule has 0 aromatic carbocycles. The summed E-state index contributed by atoms with van der Waals surface area (Å²) in [4.78, 5) is 2.39. The molecule has 3 heteroatoms. The maximum absolute atomic E-state index is 11.6. The Kier molecular flexibility index (Phi) is 3.02. The van der Waals surface area contributed by atoms with Crippen LogP contribution in [-0.4, -0.2) is 13.1 Å². The van der Waals surface area contributed by atoms with Crippen LogP contribution in [0.1, 0.15) is 38.1 Å². The first-order chi connectivity index (χ1) is 7.89. The molecule has 17 heavy (non-hydrogen) atoms. The molecule has 0 radical (unpaired) electrons. The highest BCUT2D eigenvalue weighted by molar-refractivity contribution is 5.47. The summed E-state index contributed by atoms with van der Waals surface area (Å²) in [6.45, 7) is 10.6. The largest absolute Gasteiger partial charge is 0.618 e. The second-order valence-corrected chi connectivity index (χ2v) is 5.94. The molecule has 2 rings (SSSR count). The van der Waals surface area contributed by atoms with Crippen molar-refractivity contribution in [2.45, 2.75) is 40.5 Å². The number of rotatable bonds is 1. The summed E-state index contributed by atoms with van der Waals surface area (Å²) in [5.41, 5.74) is 3.23. The molecule has 94 valence electrons. The lowest BCUT2D eigenvalue weighted by atomic mass is 9.82. The van der Waals surface area contributed by atoms with Gasteiger partial charge in [0.2, 0.25) is 0 Å². The molecule has 2 heterocycles. The molecule has 0 unspecified atom stereocenters. The van der Waals surface area contributed by atoms with Crippen LogP contribution in [0, 0.1) is 24.5 Å². The van der Waals surface area contributed by atoms with Gasteiger partial charge in [-0.05, 0) is 18.3 Å². The third kappa shape index (κ3) is 2.54. The third-order valence-electron chi connectivity index (χ3n) is 3.84. The summed E-state index contributed by atoms with van der Waals surface area (Å²) < 4.78 is 0.997. The van der Waals surface area contributed by atoms with Gasteiger partial charge in [0.15, 0.2) is 11.4 Å². The number of nitrogens with zero attached hydrogens (tertiary/aromatic N) is 2. The van der Waals surface area contributed by atoms with E-state index in [4.69, 9.17) is 0 Å². The van der Waals surface area contributed by atoms with Gasteiger partial charge in [-0.1, -0.05) is 13.8 Å². The molecular weight excluding hydrogens is 212 g/mol. The highest BCUT2D eigenvalue weighted by atomic mass is 16.5. The van der Waals surface area contributed by atoms with Crippen molar-refractivity contribution in [3.05, 3.63) is 28.7 Å². The summed E-state index contributed by atoms with van der Waals surface area (Å²) in [7, 11) is 0. The van der Waals surface area contributed by atoms with E-state index >= 15 is 0 Å². The van der Waals surface area contributed by atoms with Gasteiger partial charge in [0.05, 0.1) is 0 Å². The normalized spacial score (nSPS) is 19.4. The molecule has 1 aromatic heterocycles. The Balaban J connectivity index is 2.19. The van der Waals surface area contributed by atoms with Gasteiger partial charge in [-0.2, -0.15) is 4.73 Å². The van der Waals surface area contributed by atoms with E-state index in [-0.39, 0.29) is 0 Å². The van der Waals surface area contributed by atoms with Gasteiger partial charge in [0.25, 0.3) is 0 Å². The molecule has 1 fully saturated rings. The molecule has 1 aliphatic heterocycles. The first kappa shape index (κ1) is 12.2. The standard InChI is InChI=1S/C14H22N2O/c1-11-9-13(10-12(2)16(11)17)15-7-5-14(3,4)6-8-15/h9-10H,5-8H2,1-4H3. The number of aromatic nitrogens is 1. The van der Waals surface area contributed by atoms with E-state index < -0.39 is 0 Å². The van der Waals surface area contributed by atoms with Crippen molar-refractivity contribution < 1.29 is 4.73 Å². The van der Waals surface area contributed by atoms with Gasteiger partial charge in [-0.3, -0.25) is 0 Å². The molecule has 1 aliphatic rings. The summed E-state index contributed by atoms with van der Waals surface area (Å²) in [5, 5.41) is 11.6. The van der Waals surface area contributed by atoms with Gasteiger partial charge in [-0.15, -0.1) is 0 Å². The second-order valence-electron chi connectivity index (χ2n) is 5.94. The quantitative estimate of drug-likeness (QED) is 0.552. The van der Waals surface area contributed by atoms with Gasteiger partial charge in [-0.25, -0.2) is 0 Å². The number of aryl methyl sites for hydroxylation is 2. The van der Waals surface area contributed by atoms with Crippen LogP contribution in [-0.2, 0) is 0 Å². The van der Waals surface area contributed by atoms with Crippen LogP contribution in [0.25, 0.3) is 0 Å². The van der Waals surface area contributed by atoms with E-state index in [2.05, 4.69) is 18.7 Å². The lowest BCUT2D eigenvalue weighted by molar-refractivity contribution is -0.619. The Morgan fingerprint density at radius 1 is 1.12 bits per heavy atom. The smallest absolute Gasteiger partial charge is 0.191 e. The van der Waals surface area contributed by atoms with E-state index in [0.29, 0.717) is 5.41 Å². The summed E-state index contributed by atoms with van der Waals surface area (Å²) >= 11 is 0. The number of anilines is 1. The van der Waals surface area contributed by atoms with Crippen LogP contribution in [0.2, 0.25) is 0 Å². The Bertz CT molecular complexity index is 393. The van der Waals surface area contributed by atoms with Gasteiger partial charge in [0.1, 0.15) is 0 Å². The predicted octanol–water partition coefficient (Wildman–Crippen LogP) is 2.56. The minimum Gasteiger partial charge on any atom is -0.618 e. The fourth-order valence-electron chi connectivity index (χ4n) is 2.42. The van der Waals surface area contributed by atoms with E-state index in [0.717, 1.165) is 29.2 Å². The van der Waals surface area contributed by atoms with Crippen molar-refractivity contribution in [2.24, 2.45) is 5.41 Å². The SMILES string of the molecule is Cc1cc(N2CCC(C)(C)CC2)cc(C)[n+]1[O-]. The van der Waals surface area contributed by atoms with E-state index in [1.807, 2.05) is 26.0 Å². The van der Waals surface area contributed by atoms with Crippen molar-refractivity contribution in [3.63, 3.8) is 0 Å². The van der Waals surface area contributed by atoms with Gasteiger partial charge in [0, 0.05) is 44.8 Å². The first-order valence-electron chi connectivity index (χ1n) is 6.35. The Hall–Kier alpha value is -1.25. The Morgan fingerprint density at radius 2 is 1.59 bits per heavy atom. The fourth-order valence-corrected chi connectivity index (χ4v) is 2.42. The van der Waals surface area contributed by atoms with Crippen LogP contribution >= 0.6 is 0 Å². The number of hydrogen-bond donors (Lipinski definition) is 0. The summed E-state index contributed by atoms with van der Waals surface area (Å²) in [6.07, 6.45) is 2.44. The molecule has 0 aliphatic carbocycles. The molecule has 3 nitrogen and oxygen atoms in total. The number of piperidine rings is 1. The molecule has 0 atom stereocenters. The summed E-state index contributed by atoms with van der Waals surface area (Å²) in [6, 6.07) is 4.00. The third-order valence-corrected chi connectivity index (χ3v) is 3.84. The lowest BCUT2D eigenvalue weighted by Gasteiger charge is -2.38. The average molecular weight is 234 g/mol. The highest BCUT2D eigenvalue weighted by Crippen LogP contribution is 2.32. The van der Waals surface area contributed by atoms with Crippen LogP contribution in [0.5, 0.6) is 0 Å². The molecule has 1 saturated heterocycles. The van der Waals surface area contributed by atoms with Crippen molar-refractivity contribution in [1.82, 2.24) is 0 Å². The molecule has 0 bridgehead atoms. The van der Waals surface area contributed by atoms with Gasteiger partial charge >= 0.3 is 0 Å². The first-order valence-corrected chi connectivity index (χ1v) is 6.35. The van der Waals surface area contributed by atoms with Crippen molar-refractivity contribution in [2.75, 3.05) is 18.0 Å². The van der Waals surface area contributed by atoms with E-state index in [1.54, 1.807) is 0 Å². The molecular formula is C14H22N2O. The highest BCUT2D eigenvalue weighted by Gasteiger charge is 2.26. The molecule has 0 saturated carbocycles. The minimum absolute atomic E-state index is 0.466. The molecule has 1 aromatic rings. The van der Waals surface area contributed by atoms with Crippen LogP contribution in [0.4, 0.5) is 5.69 Å². The zero-order valence-electron chi connectivity index (χ0n) is 11.3. The maximum atomic E-state index is 11.6. The molecule has 0 spiro atoms. The Labute approximate surface area is 104 Å². The van der Waals surface area contributed by atoms with Crippen molar-refractivity contribution >= 4 is 5.69 Å². The van der Waals surface area contributed by atoms with E-state index in [1.165, 1.54) is 18.5 Å². The second kappa shape index (κ2) is 4.21. The molecule has 0 N–H and O–H groups in total. The molecule has 0 amide bonds. The minimum atomic E-state index is 0.466. The van der Waals surface area contributed by atoms with Crippen molar-refractivity contribution in [1.29, 1.82) is 0 Å². The average Bonchev–Trinajstić information content (AvgIpc) is 2.25. The van der Waals surface area contributed by atoms with Crippen molar-refractivity contribution in [3.8, 4) is 0 Å². The number of hydrogen-bond acceptors (Lipinski definition) is 2. The van der Waals surface area contributed by atoms with Crippen LogP contribution in [0.3, 0.4) is 0 Å². The zero-order valence-corrected chi connectivity index (χ0v) is 11.3. The van der Waals surface area contributed by atoms with Gasteiger partial charge < -0.3 is 10.1 Å². The monoisotopic (exact) mass is 234 g/mol. The lowest BCUT2D eigenvalue weighted by Crippen LogP contribution is -2.39. The maximum Gasteiger partial charge on any atom is 0.191 e. The van der Waals surface area contributed by atoms with Crippen LogP contribution < -0.4 is 9.63 Å². The van der Waals surface area contributed by atoms with Crippen LogP contribution in [0.15, 0.2) is 12.1 Å². The van der Waals surface area contributed by atoms with E-state index in [9.17, 15) is 5.21 Å². The Morgan fingerprint density at radius 3 is 2.06 bits per heavy atom. The fraction of sp³-hybridized carbons (Fsp3) is 0.643. The zero-order chi connectivity index (χ0) is 12.6. The predicted molar refractivity (Wildman–Crippen MR) is 70.1 cm³/mol. The number of pyridine rings is 1. The topological polar surface area (TPSA) is 30.2 Å². The summed E-state index contributed by atoms with van der Waals surface area (Å²) in [5.74, 6) is 0.